The summed E-state index contributed by atoms with van der Waals surface area (Å²) < 4.78 is 39.3. The van der Waals surface area contributed by atoms with Gasteiger partial charge in [-0.05, 0) is 58.8 Å². The Bertz CT molecular complexity index is 1980. The second-order valence-corrected chi connectivity index (χ2v) is 22.9. The normalized spacial score (nSPS) is 28.0. The highest BCUT2D eigenvalue weighted by molar-refractivity contribution is 5.92. The quantitative estimate of drug-likeness (QED) is 0.0288. The van der Waals surface area contributed by atoms with Gasteiger partial charge in [0.05, 0.1) is 83.1 Å². The van der Waals surface area contributed by atoms with Crippen molar-refractivity contribution < 1.29 is 117 Å². The van der Waals surface area contributed by atoms with E-state index in [0.29, 0.717) is 25.9 Å². The van der Waals surface area contributed by atoms with Crippen molar-refractivity contribution in [2.45, 2.75) is 223 Å². The standard InChI is InChI=1S/C58H100N4O24/c1-34(2)80-25-9-15-38(66)13-8-14-39(67)16-19-43(55(79)61-28-40(68)12-6-7-24-81-56-35(3)49(73)52(76)44(31-63)84-56)62(29-41(69)17-20-47(71)59-22-10-26-82-57-36(4)50(74)53(77)45(32-64)85-57)30-42(70)18-21-48(72)60-23-11-27-83-58-37(5)51(75)54(78)46(33-65)86-58/h34-37,43-46,49-54,56-58,63-65,73-78H,6-33H2,1-5H3,(H,59,71)(H,60,72)(H,61,79)/t35?,36?,37?,43?,44?,45?,46?,49-,50-,51-,52+,53+,54+,56-,57-,58-/m1/s1. The molecule has 0 saturated carbocycles. The largest absolute Gasteiger partial charge is 0.394 e. The Balaban J connectivity index is 1.68. The molecule has 3 rings (SSSR count). The van der Waals surface area contributed by atoms with Crippen LogP contribution < -0.4 is 16.0 Å². The van der Waals surface area contributed by atoms with E-state index >= 15 is 0 Å². The van der Waals surface area contributed by atoms with Crippen LogP contribution in [0, 0.1) is 17.8 Å². The van der Waals surface area contributed by atoms with Gasteiger partial charge in [0, 0.05) is 102 Å². The number of amides is 3. The molecular formula is C58H100N4O24. The predicted molar refractivity (Wildman–Crippen MR) is 303 cm³/mol. The summed E-state index contributed by atoms with van der Waals surface area (Å²) in [6.45, 7) is 6.30. The minimum absolute atomic E-state index is 0.00269. The first-order valence-corrected chi connectivity index (χ1v) is 30.4. The fourth-order valence-electron chi connectivity index (χ4n) is 9.92. The maximum Gasteiger partial charge on any atom is 0.237 e. The number of hydrogen-bond donors (Lipinski definition) is 12. The predicted octanol–water partition coefficient (Wildman–Crippen LogP) is -2.21. The van der Waals surface area contributed by atoms with Gasteiger partial charge in [-0.2, -0.15) is 0 Å². The van der Waals surface area contributed by atoms with Gasteiger partial charge in [0.1, 0.15) is 59.8 Å². The molecule has 16 atom stereocenters. The van der Waals surface area contributed by atoms with Crippen LogP contribution in [-0.4, -0.2) is 262 Å². The summed E-state index contributed by atoms with van der Waals surface area (Å²) in [5.74, 6) is -5.52. The first-order valence-electron chi connectivity index (χ1n) is 30.4. The zero-order valence-corrected chi connectivity index (χ0v) is 50.7. The Hall–Kier alpha value is -3.92. The highest BCUT2D eigenvalue weighted by Gasteiger charge is 2.45. The monoisotopic (exact) mass is 1240 g/mol. The molecule has 3 heterocycles. The molecule has 0 spiro atoms. The van der Waals surface area contributed by atoms with Gasteiger partial charge in [-0.15, -0.1) is 0 Å². The summed E-state index contributed by atoms with van der Waals surface area (Å²) in [5.41, 5.74) is 0. The molecule has 0 aliphatic carbocycles. The van der Waals surface area contributed by atoms with Gasteiger partial charge in [0.2, 0.25) is 17.7 Å². The number of nitrogens with zero attached hydrogens (tertiary/aromatic N) is 1. The lowest BCUT2D eigenvalue weighted by Crippen LogP contribution is -2.55. The highest BCUT2D eigenvalue weighted by Crippen LogP contribution is 2.29. The minimum atomic E-state index is -1.35. The van der Waals surface area contributed by atoms with E-state index in [4.69, 9.17) is 33.2 Å². The second kappa shape index (κ2) is 41.4. The van der Waals surface area contributed by atoms with E-state index in [1.165, 1.54) is 4.90 Å². The molecule has 496 valence electrons. The van der Waals surface area contributed by atoms with Crippen LogP contribution >= 0.6 is 0 Å². The molecule has 3 saturated heterocycles. The van der Waals surface area contributed by atoms with Crippen molar-refractivity contribution in [1.29, 1.82) is 0 Å². The lowest BCUT2D eigenvalue weighted by atomic mass is 9.92. The van der Waals surface area contributed by atoms with Crippen molar-refractivity contribution in [2.24, 2.45) is 17.8 Å². The molecule has 7 unspecified atom stereocenters. The summed E-state index contributed by atoms with van der Waals surface area (Å²) in [4.78, 5) is 108. The molecule has 0 bridgehead atoms. The van der Waals surface area contributed by atoms with Gasteiger partial charge < -0.3 is 95.1 Å². The average Bonchev–Trinajstić information content (AvgIpc) is 2.23. The van der Waals surface area contributed by atoms with Crippen LogP contribution in [0.15, 0.2) is 0 Å². The van der Waals surface area contributed by atoms with Crippen molar-refractivity contribution in [3.05, 3.63) is 0 Å². The molecular weight excluding hydrogens is 1140 g/mol. The van der Waals surface area contributed by atoms with E-state index in [1.54, 1.807) is 20.8 Å². The molecule has 28 heteroatoms. The van der Waals surface area contributed by atoms with Crippen LogP contribution in [0.25, 0.3) is 0 Å². The van der Waals surface area contributed by atoms with E-state index in [0.717, 1.165) is 0 Å². The zero-order chi connectivity index (χ0) is 63.9. The number of aliphatic hydroxyl groups is 9. The number of hydrogen-bond acceptors (Lipinski definition) is 25. The van der Waals surface area contributed by atoms with Crippen molar-refractivity contribution >= 4 is 46.6 Å². The first kappa shape index (κ1) is 76.3. The molecule has 86 heavy (non-hydrogen) atoms. The third-order valence-corrected chi connectivity index (χ3v) is 15.4. The number of unbranched alkanes of at least 4 members (excludes halogenated alkanes) is 1. The molecule has 3 fully saturated rings. The van der Waals surface area contributed by atoms with Gasteiger partial charge in [-0.3, -0.25) is 43.3 Å². The Morgan fingerprint density at radius 1 is 0.442 bits per heavy atom. The number of rotatable bonds is 45. The van der Waals surface area contributed by atoms with E-state index in [9.17, 15) is 84.3 Å². The summed E-state index contributed by atoms with van der Waals surface area (Å²) in [5, 5.41) is 97.9. The first-order chi connectivity index (χ1) is 40.9. The smallest absolute Gasteiger partial charge is 0.237 e. The summed E-state index contributed by atoms with van der Waals surface area (Å²) in [6, 6.07) is -1.35. The van der Waals surface area contributed by atoms with Crippen LogP contribution in [0.2, 0.25) is 0 Å². The lowest BCUT2D eigenvalue weighted by molar-refractivity contribution is -0.282. The number of aliphatic hydroxyl groups excluding tert-OH is 9. The maximum atomic E-state index is 14.2. The van der Waals surface area contributed by atoms with E-state index < -0.39 is 166 Å². The Morgan fingerprint density at radius 3 is 1.26 bits per heavy atom. The summed E-state index contributed by atoms with van der Waals surface area (Å²) >= 11 is 0. The number of ether oxygens (including phenoxy) is 7. The van der Waals surface area contributed by atoms with Crippen LogP contribution in [0.5, 0.6) is 0 Å². The Kier molecular flexibility index (Phi) is 36.7. The van der Waals surface area contributed by atoms with Crippen LogP contribution in [0.3, 0.4) is 0 Å². The lowest BCUT2D eigenvalue weighted by Gasteiger charge is -2.40. The number of ketones is 5. The van der Waals surface area contributed by atoms with Crippen molar-refractivity contribution in [3.8, 4) is 0 Å². The van der Waals surface area contributed by atoms with Crippen LogP contribution in [-0.2, 0) is 71.5 Å². The molecule has 3 aliphatic heterocycles. The SMILES string of the molecule is CC(C)OCCCC(=O)CCCC(=O)CCC(C(=O)NCC(=O)CCCCO[C@@H]1OC(CO)[C@H](O)[C@H](O)C1C)N(CC(=O)CCC(=O)NCCCO[C@@H]1OC(CO)[C@H](O)[C@H](O)C1C)CC(=O)CCC(=O)NCCCO[C@@H]1OC(CO)[C@H](O)[C@H](O)C1C. The number of carbonyl (C=O) groups excluding carboxylic acids is 8. The Labute approximate surface area is 503 Å². The molecule has 3 aliphatic rings. The van der Waals surface area contributed by atoms with Crippen molar-refractivity contribution in [1.82, 2.24) is 20.9 Å². The van der Waals surface area contributed by atoms with Gasteiger partial charge in [0.25, 0.3) is 0 Å². The average molecular weight is 1240 g/mol. The highest BCUT2D eigenvalue weighted by atomic mass is 16.7. The zero-order valence-electron chi connectivity index (χ0n) is 50.7. The number of nitrogens with one attached hydrogen (secondary N) is 3. The molecule has 28 nitrogen and oxygen atoms in total. The minimum Gasteiger partial charge on any atom is -0.394 e. The van der Waals surface area contributed by atoms with Gasteiger partial charge in [0.15, 0.2) is 24.7 Å². The fourth-order valence-corrected chi connectivity index (χ4v) is 9.92. The molecule has 0 aromatic rings. The van der Waals surface area contributed by atoms with Crippen LogP contribution in [0.4, 0.5) is 0 Å². The van der Waals surface area contributed by atoms with Gasteiger partial charge >= 0.3 is 0 Å². The van der Waals surface area contributed by atoms with E-state index in [1.807, 2.05) is 13.8 Å². The van der Waals surface area contributed by atoms with Crippen molar-refractivity contribution in [2.75, 3.05) is 79.0 Å². The van der Waals surface area contributed by atoms with Gasteiger partial charge in [-0.25, -0.2) is 0 Å². The van der Waals surface area contributed by atoms with Crippen molar-refractivity contribution in [3.63, 3.8) is 0 Å². The fraction of sp³-hybridized carbons (Fsp3) is 0.862. The summed E-state index contributed by atoms with van der Waals surface area (Å²) in [6.07, 6.45) is -12.7. The molecule has 0 radical (unpaired) electrons. The third-order valence-electron chi connectivity index (χ3n) is 15.4. The molecule has 0 aromatic heterocycles. The van der Waals surface area contributed by atoms with Crippen LogP contribution in [0.1, 0.15) is 137 Å². The topological polar surface area (TPSA) is 423 Å². The molecule has 3 amide bonds. The maximum absolute atomic E-state index is 14.2. The third kappa shape index (κ3) is 27.4. The second-order valence-electron chi connectivity index (χ2n) is 22.9. The molecule has 0 aromatic carbocycles. The Morgan fingerprint density at radius 2 is 0.837 bits per heavy atom. The van der Waals surface area contributed by atoms with E-state index in [2.05, 4.69) is 16.0 Å². The van der Waals surface area contributed by atoms with Gasteiger partial charge in [-0.1, -0.05) is 20.8 Å². The number of Topliss-reactive ketones (excluding diaryl/α,β-unsaturated/α-hetero) is 5. The summed E-state index contributed by atoms with van der Waals surface area (Å²) in [7, 11) is 0. The molecule has 12 N–H and O–H groups in total. The number of carbonyl (C=O) groups is 8. The van der Waals surface area contributed by atoms with E-state index in [-0.39, 0.29) is 140 Å².